The third kappa shape index (κ3) is 6.72. The van der Waals surface area contributed by atoms with Crippen LogP contribution in [0.15, 0.2) is 47.4 Å². The summed E-state index contributed by atoms with van der Waals surface area (Å²) < 4.78 is 37.6. The Morgan fingerprint density at radius 3 is 2.27 bits per heavy atom. The fraction of sp³-hybridized carbons (Fsp3) is 0.300. The van der Waals surface area contributed by atoms with Gasteiger partial charge in [-0.05, 0) is 63.2 Å². The monoisotopic (exact) mass is 454 g/mol. The molecule has 2 aromatic rings. The summed E-state index contributed by atoms with van der Waals surface area (Å²) in [6.07, 6.45) is 0. The van der Waals surface area contributed by atoms with E-state index in [9.17, 15) is 18.0 Å². The maximum absolute atomic E-state index is 12.5. The lowest BCUT2D eigenvalue weighted by Gasteiger charge is -2.21. The minimum Gasteiger partial charge on any atom is -0.497 e. The smallest absolute Gasteiger partial charge is 0.338 e. The summed E-state index contributed by atoms with van der Waals surface area (Å²) in [6.45, 7) is 4.49. The number of carbonyl (C=O) groups excluding carboxylic acids is 2. The van der Waals surface area contributed by atoms with Gasteiger partial charge in [0.1, 0.15) is 10.6 Å². The molecule has 10 heteroatoms. The van der Waals surface area contributed by atoms with E-state index in [0.717, 1.165) is 6.07 Å². The lowest BCUT2D eigenvalue weighted by atomic mass is 10.1. The first-order valence-electron chi connectivity index (χ1n) is 8.86. The molecule has 1 amide bonds. The van der Waals surface area contributed by atoms with Crippen molar-refractivity contribution in [3.63, 3.8) is 0 Å². The largest absolute Gasteiger partial charge is 0.497 e. The third-order valence-electron chi connectivity index (χ3n) is 3.61. The maximum atomic E-state index is 12.5. The molecule has 0 aliphatic carbocycles. The second-order valence-corrected chi connectivity index (χ2v) is 9.41. The van der Waals surface area contributed by atoms with Crippen LogP contribution < -0.4 is 14.8 Å². The summed E-state index contributed by atoms with van der Waals surface area (Å²) in [5, 5.41) is 2.53. The van der Waals surface area contributed by atoms with Gasteiger partial charge >= 0.3 is 5.97 Å². The molecule has 8 nitrogen and oxygen atoms in total. The molecule has 0 atom stereocenters. The van der Waals surface area contributed by atoms with Crippen LogP contribution in [-0.4, -0.2) is 39.5 Å². The number of hydrogen-bond acceptors (Lipinski definition) is 6. The fourth-order valence-corrected chi connectivity index (χ4v) is 4.33. The van der Waals surface area contributed by atoms with Gasteiger partial charge in [0.2, 0.25) is 10.0 Å². The van der Waals surface area contributed by atoms with Crippen LogP contribution in [-0.2, 0) is 19.6 Å². The molecule has 0 unspecified atom stereocenters. The zero-order valence-corrected chi connectivity index (χ0v) is 18.6. The molecule has 0 spiro atoms. The molecular formula is C20H23ClN2O6S. The van der Waals surface area contributed by atoms with Crippen LogP contribution in [0, 0.1) is 0 Å². The summed E-state index contributed by atoms with van der Waals surface area (Å²) in [5.74, 6) is -0.776. The molecular weight excluding hydrogens is 432 g/mol. The molecule has 30 heavy (non-hydrogen) atoms. The Bertz CT molecular complexity index is 1030. The number of hydrogen-bond donors (Lipinski definition) is 2. The van der Waals surface area contributed by atoms with E-state index in [4.69, 9.17) is 21.1 Å². The first kappa shape index (κ1) is 23.7. The van der Waals surface area contributed by atoms with Crippen LogP contribution in [0.25, 0.3) is 0 Å². The van der Waals surface area contributed by atoms with E-state index in [1.165, 1.54) is 19.2 Å². The normalized spacial score (nSPS) is 11.6. The van der Waals surface area contributed by atoms with Gasteiger partial charge in [-0.1, -0.05) is 11.6 Å². The van der Waals surface area contributed by atoms with Crippen molar-refractivity contribution in [1.29, 1.82) is 0 Å². The quantitative estimate of drug-likeness (QED) is 0.621. The molecule has 0 aromatic heterocycles. The molecule has 0 saturated heterocycles. The first-order valence-corrected chi connectivity index (χ1v) is 10.7. The van der Waals surface area contributed by atoms with Crippen LogP contribution >= 0.6 is 11.6 Å². The van der Waals surface area contributed by atoms with Crippen molar-refractivity contribution in [1.82, 2.24) is 4.72 Å². The Balaban J connectivity index is 2.05. The number of halogens is 1. The van der Waals surface area contributed by atoms with Crippen LogP contribution in [0.1, 0.15) is 31.1 Å². The minimum absolute atomic E-state index is 0.0412. The van der Waals surface area contributed by atoms with Crippen molar-refractivity contribution < 1.29 is 27.5 Å². The molecule has 0 bridgehead atoms. The standard InChI is InChI=1S/C20H23ClN2O6S/c1-20(2,3)23-30(26,27)17-11-13(5-10-16(17)21)19(25)29-12-18(24)22-14-6-8-15(28-4)9-7-14/h5-11,23H,12H2,1-4H3,(H,22,24). The first-order chi connectivity index (χ1) is 13.9. The summed E-state index contributed by atoms with van der Waals surface area (Å²) >= 11 is 6.01. The van der Waals surface area contributed by atoms with Crippen molar-refractivity contribution >= 4 is 39.2 Å². The minimum atomic E-state index is -3.96. The second kappa shape index (κ2) is 9.46. The van der Waals surface area contributed by atoms with Crippen molar-refractivity contribution in [2.24, 2.45) is 0 Å². The predicted octanol–water partition coefficient (Wildman–Crippen LogP) is 3.22. The van der Waals surface area contributed by atoms with E-state index in [1.807, 2.05) is 0 Å². The van der Waals surface area contributed by atoms with E-state index in [2.05, 4.69) is 10.0 Å². The van der Waals surface area contributed by atoms with Crippen molar-refractivity contribution in [2.45, 2.75) is 31.2 Å². The number of rotatable bonds is 7. The fourth-order valence-electron chi connectivity index (χ4n) is 2.38. The third-order valence-corrected chi connectivity index (χ3v) is 5.84. The second-order valence-electron chi connectivity index (χ2n) is 7.35. The number of anilines is 1. The Morgan fingerprint density at radius 1 is 1.07 bits per heavy atom. The zero-order chi connectivity index (χ0) is 22.5. The van der Waals surface area contributed by atoms with Crippen LogP contribution in [0.5, 0.6) is 5.75 Å². The van der Waals surface area contributed by atoms with E-state index in [0.29, 0.717) is 11.4 Å². The van der Waals surface area contributed by atoms with Gasteiger partial charge in [0.05, 0.1) is 17.7 Å². The highest BCUT2D eigenvalue weighted by Gasteiger charge is 2.25. The van der Waals surface area contributed by atoms with E-state index >= 15 is 0 Å². The number of ether oxygens (including phenoxy) is 2. The Labute approximate surface area is 180 Å². The van der Waals surface area contributed by atoms with Gasteiger partial charge in [0.25, 0.3) is 5.91 Å². The average Bonchev–Trinajstić information content (AvgIpc) is 2.65. The van der Waals surface area contributed by atoms with Crippen molar-refractivity contribution in [2.75, 3.05) is 19.0 Å². The van der Waals surface area contributed by atoms with Gasteiger partial charge in [-0.25, -0.2) is 17.9 Å². The lowest BCUT2D eigenvalue weighted by molar-refractivity contribution is -0.119. The number of carbonyl (C=O) groups is 2. The number of methoxy groups -OCH3 is 1. The van der Waals surface area contributed by atoms with Gasteiger partial charge in [-0.3, -0.25) is 4.79 Å². The molecule has 2 N–H and O–H groups in total. The lowest BCUT2D eigenvalue weighted by Crippen LogP contribution is -2.40. The van der Waals surface area contributed by atoms with Crippen molar-refractivity contribution in [3.05, 3.63) is 53.1 Å². The summed E-state index contributed by atoms with van der Waals surface area (Å²) in [4.78, 5) is 24.0. The van der Waals surface area contributed by atoms with Crippen LogP contribution in [0.2, 0.25) is 5.02 Å². The van der Waals surface area contributed by atoms with Gasteiger partial charge in [-0.2, -0.15) is 0 Å². The molecule has 0 aliphatic heterocycles. The van der Waals surface area contributed by atoms with Crippen LogP contribution in [0.3, 0.4) is 0 Å². The van der Waals surface area contributed by atoms with Crippen LogP contribution in [0.4, 0.5) is 5.69 Å². The number of benzene rings is 2. The van der Waals surface area contributed by atoms with Gasteiger partial charge in [-0.15, -0.1) is 0 Å². The number of esters is 1. The van der Waals surface area contributed by atoms with E-state index in [1.54, 1.807) is 45.0 Å². The number of amides is 1. The number of nitrogens with one attached hydrogen (secondary N) is 2. The highest BCUT2D eigenvalue weighted by Crippen LogP contribution is 2.24. The van der Waals surface area contributed by atoms with Gasteiger partial charge in [0, 0.05) is 11.2 Å². The highest BCUT2D eigenvalue weighted by atomic mass is 35.5. The molecule has 2 rings (SSSR count). The molecule has 2 aromatic carbocycles. The summed E-state index contributed by atoms with van der Waals surface area (Å²) in [5.41, 5.74) is -0.283. The highest BCUT2D eigenvalue weighted by molar-refractivity contribution is 7.89. The Hall–Kier alpha value is -2.62. The summed E-state index contributed by atoms with van der Waals surface area (Å²) in [6, 6.07) is 10.3. The molecule has 162 valence electrons. The zero-order valence-electron chi connectivity index (χ0n) is 17.0. The van der Waals surface area contributed by atoms with Gasteiger partial charge < -0.3 is 14.8 Å². The predicted molar refractivity (Wildman–Crippen MR) is 113 cm³/mol. The SMILES string of the molecule is COc1ccc(NC(=O)COC(=O)c2ccc(Cl)c(S(=O)(=O)NC(C)(C)C)c2)cc1. The Kier molecular flexibility index (Phi) is 7.46. The topological polar surface area (TPSA) is 111 Å². The Morgan fingerprint density at radius 2 is 1.70 bits per heavy atom. The maximum Gasteiger partial charge on any atom is 0.338 e. The molecule has 0 radical (unpaired) electrons. The van der Waals surface area contributed by atoms with E-state index < -0.39 is 34.0 Å². The molecule has 0 saturated carbocycles. The van der Waals surface area contributed by atoms with Gasteiger partial charge in [0.15, 0.2) is 6.61 Å². The van der Waals surface area contributed by atoms with Crippen molar-refractivity contribution in [3.8, 4) is 5.75 Å². The molecule has 0 aliphatic rings. The molecule has 0 fully saturated rings. The number of sulfonamides is 1. The average molecular weight is 455 g/mol. The molecule has 0 heterocycles. The summed E-state index contributed by atoms with van der Waals surface area (Å²) in [7, 11) is -2.43. The van der Waals surface area contributed by atoms with E-state index in [-0.39, 0.29) is 15.5 Å².